The van der Waals surface area contributed by atoms with Crippen LogP contribution in [-0.4, -0.2) is 114 Å². The molecule has 0 radical (unpaired) electrons. The zero-order chi connectivity index (χ0) is 90.1. The van der Waals surface area contributed by atoms with Crippen LogP contribution in [0.5, 0.6) is 0 Å². The molecule has 0 unspecified atom stereocenters. The Bertz CT molecular complexity index is 2950. The molecule has 2 rings (SSSR count). The number of esters is 4. The van der Waals surface area contributed by atoms with E-state index < -0.39 is 65.0 Å². The topological polar surface area (TPSA) is 220 Å². The second-order valence-corrected chi connectivity index (χ2v) is 38.3. The van der Waals surface area contributed by atoms with Crippen molar-refractivity contribution in [1.82, 2.24) is 0 Å². The van der Waals surface area contributed by atoms with Gasteiger partial charge in [-0.3, -0.25) is 0 Å². The van der Waals surface area contributed by atoms with Gasteiger partial charge in [0.1, 0.15) is 20.2 Å². The quantitative estimate of drug-likeness (QED) is 0.0150. The molecule has 0 aliphatic rings. The van der Waals surface area contributed by atoms with Crippen molar-refractivity contribution in [3.05, 3.63) is 107 Å². The van der Waals surface area contributed by atoms with Crippen LogP contribution in [0.3, 0.4) is 0 Å². The summed E-state index contributed by atoms with van der Waals surface area (Å²) in [4.78, 5) is 50.7. The van der Waals surface area contributed by atoms with Crippen LogP contribution in [0.25, 0.3) is 0 Å². The molecule has 0 amide bonds. The van der Waals surface area contributed by atoms with Gasteiger partial charge in [0.05, 0.1) is 58.5 Å². The first kappa shape index (κ1) is 121. The Morgan fingerprint density at radius 2 is 0.368 bits per heavy atom. The van der Waals surface area contributed by atoms with Gasteiger partial charge in [0.25, 0.3) is 0 Å². The molecule has 0 spiro atoms. The number of hydrogen-bond donors (Lipinski definition) is 0. The molecule has 0 bridgehead atoms. The maximum Gasteiger partial charge on any atom is 2.00 e. The average molecular weight is 1810 g/mol. The summed E-state index contributed by atoms with van der Waals surface area (Å²) < 4.78 is 93.9. The number of hydrogen-bond acceptors (Lipinski definition) is 14. The van der Waals surface area contributed by atoms with Crippen molar-refractivity contribution >= 4 is 81.9 Å². The summed E-state index contributed by atoms with van der Waals surface area (Å²) in [6.07, 6.45) is 112. The van der Waals surface area contributed by atoms with Gasteiger partial charge in [-0.2, -0.15) is 0 Å². The van der Waals surface area contributed by atoms with Gasteiger partial charge >= 0.3 is 61.6 Å². The summed E-state index contributed by atoms with van der Waals surface area (Å²) >= 11 is 0. The van der Waals surface area contributed by atoms with Crippen LogP contribution in [-0.2, 0) is 39.2 Å². The molecule has 0 aliphatic heterocycles. The molecule has 17 heteroatoms. The molecule has 0 heterocycles. The number of rotatable bonds is 90. The van der Waals surface area contributed by atoms with Crippen molar-refractivity contribution in [3.8, 4) is 0 Å². The number of allylic oxidation sites excluding steroid dienone is 8. The van der Waals surface area contributed by atoms with E-state index >= 15 is 0 Å². The third-order valence-electron chi connectivity index (χ3n) is 24.0. The SMILES string of the molecule is CCCCC/C=C/CCCCCCCCCCCCCCCCOC(=O)c1cccc(S(=O)(=O)[O-])c1C(=O)OCCCCCCCCCCCCCCCC/C=C/CCCCC.CCCCC/C=C/CCCCCCCCCCCCCCCCOC(=O)c1cccc(S(=O)(=O)[O-])c1C(=O)OCCCCCCCCCCCCCCCC/C=C/CCCCC.[Ca+2]. The Morgan fingerprint density at radius 3 is 0.528 bits per heavy atom. The van der Waals surface area contributed by atoms with E-state index in [1.54, 1.807) is 0 Å². The summed E-state index contributed by atoms with van der Waals surface area (Å²) in [5.74, 6) is -3.60. The molecule has 2 aromatic rings. The minimum Gasteiger partial charge on any atom is -0.744 e. The van der Waals surface area contributed by atoms with E-state index in [1.807, 2.05) is 0 Å². The number of ether oxygens (including phenoxy) is 4. The summed E-state index contributed by atoms with van der Waals surface area (Å²) in [5.41, 5.74) is -1.54. The molecule has 0 N–H and O–H groups in total. The van der Waals surface area contributed by atoms with Crippen molar-refractivity contribution in [2.45, 2.75) is 525 Å². The fraction of sp³-hybridized carbons (Fsp3) is 0.778. The van der Waals surface area contributed by atoms with Gasteiger partial charge in [0.2, 0.25) is 0 Å². The minimum atomic E-state index is -5.02. The van der Waals surface area contributed by atoms with Crippen molar-refractivity contribution in [3.63, 3.8) is 0 Å². The van der Waals surface area contributed by atoms with Crippen LogP contribution in [0.4, 0.5) is 0 Å². The summed E-state index contributed by atoms with van der Waals surface area (Å²) in [6, 6.07) is 7.30. The van der Waals surface area contributed by atoms with Crippen molar-refractivity contribution in [1.29, 1.82) is 0 Å². The fourth-order valence-corrected chi connectivity index (χ4v) is 17.5. The Kier molecular flexibility index (Phi) is 89.5. The Balaban J connectivity index is 0.00000244. The first-order valence-electron chi connectivity index (χ1n) is 52.1. The molecule has 0 fully saturated rings. The molecule has 0 atom stereocenters. The van der Waals surface area contributed by atoms with E-state index in [1.165, 1.54) is 410 Å². The second-order valence-electron chi connectivity index (χ2n) is 35.6. The predicted octanol–water partition coefficient (Wildman–Crippen LogP) is 33.4. The third kappa shape index (κ3) is 76.6. The molecule has 2 aromatic carbocycles. The number of unbranched alkanes of at least 4 members (excludes halogenated alkanes) is 68. The Labute approximate surface area is 798 Å². The molecular weight excluding hydrogens is 1630 g/mol. The Morgan fingerprint density at radius 1 is 0.224 bits per heavy atom. The number of benzene rings is 2. The molecule has 125 heavy (non-hydrogen) atoms. The number of carbonyl (C=O) groups is 4. The maximum atomic E-state index is 13.1. The zero-order valence-corrected chi connectivity index (χ0v) is 84.7. The van der Waals surface area contributed by atoms with E-state index in [2.05, 4.69) is 76.3 Å². The predicted molar refractivity (Wildman–Crippen MR) is 526 cm³/mol. The van der Waals surface area contributed by atoms with Crippen LogP contribution < -0.4 is 0 Å². The van der Waals surface area contributed by atoms with E-state index in [9.17, 15) is 45.1 Å². The van der Waals surface area contributed by atoms with E-state index in [0.717, 1.165) is 89.2 Å². The second kappa shape index (κ2) is 92.2. The molecule has 716 valence electrons. The van der Waals surface area contributed by atoms with Gasteiger partial charge in [-0.1, -0.05) is 448 Å². The van der Waals surface area contributed by atoms with Crippen LogP contribution in [0, 0.1) is 0 Å². The molecule has 0 aromatic heterocycles. The maximum absolute atomic E-state index is 13.1. The van der Waals surface area contributed by atoms with E-state index in [4.69, 9.17) is 18.9 Å². The van der Waals surface area contributed by atoms with Gasteiger partial charge in [0, 0.05) is 0 Å². The normalized spacial score (nSPS) is 11.8. The average Bonchev–Trinajstić information content (AvgIpc) is 0.795. The largest absolute Gasteiger partial charge is 2.00 e. The minimum absolute atomic E-state index is 0. The fourth-order valence-electron chi connectivity index (χ4n) is 16.1. The van der Waals surface area contributed by atoms with E-state index in [-0.39, 0.29) is 75.3 Å². The van der Waals surface area contributed by atoms with Gasteiger partial charge in [-0.15, -0.1) is 0 Å². The molecule has 14 nitrogen and oxygen atoms in total. The van der Waals surface area contributed by atoms with E-state index in [0.29, 0.717) is 25.7 Å². The van der Waals surface area contributed by atoms with Crippen LogP contribution >= 0.6 is 0 Å². The van der Waals surface area contributed by atoms with Gasteiger partial charge < -0.3 is 28.1 Å². The first-order chi connectivity index (χ1) is 60.6. The van der Waals surface area contributed by atoms with Crippen molar-refractivity contribution in [2.75, 3.05) is 26.4 Å². The first-order valence-corrected chi connectivity index (χ1v) is 54.9. The monoisotopic (exact) mass is 1810 g/mol. The van der Waals surface area contributed by atoms with Crippen molar-refractivity contribution in [2.24, 2.45) is 0 Å². The van der Waals surface area contributed by atoms with Gasteiger partial charge in [0.15, 0.2) is 0 Å². The van der Waals surface area contributed by atoms with Crippen LogP contribution in [0.1, 0.15) is 557 Å². The standard InChI is InChI=1S/2C54H94O7S.Ca/c2*1-3-5-7-9-11-13-15-17-19-21-23-25-27-29-31-33-35-37-39-41-43-48-60-53(55)50-46-45-47-51(62(57,58)59)52(50)54(56)61-49-44-42-40-38-36-34-32-30-28-26-24-22-20-18-16-14-12-10-8-6-4-2;/h2*11-14,45-47H,3-10,15-44,48-49H2,1-2H3,(H,57,58,59);/q;;+2/p-2/b2*13-11+,14-12+;. The van der Waals surface area contributed by atoms with Gasteiger partial charge in [-0.25, -0.2) is 36.0 Å². The van der Waals surface area contributed by atoms with Gasteiger partial charge in [-0.05, 0) is 153 Å². The number of carbonyl (C=O) groups excluding carboxylic acids is 4. The zero-order valence-electron chi connectivity index (χ0n) is 80.9. The summed E-state index contributed by atoms with van der Waals surface area (Å²) in [7, 11) is -10.0. The smallest absolute Gasteiger partial charge is 0.744 e. The summed E-state index contributed by atoms with van der Waals surface area (Å²) in [5, 5.41) is 0. The molecule has 0 saturated carbocycles. The van der Waals surface area contributed by atoms with Crippen molar-refractivity contribution < 1.29 is 64.1 Å². The summed E-state index contributed by atoms with van der Waals surface area (Å²) in [6.45, 7) is 9.52. The Hall–Kier alpha value is -3.64. The third-order valence-corrected chi connectivity index (χ3v) is 25.8. The van der Waals surface area contributed by atoms with Crippen LogP contribution in [0.2, 0.25) is 0 Å². The molecule has 0 aliphatic carbocycles. The van der Waals surface area contributed by atoms with Crippen LogP contribution in [0.15, 0.2) is 94.8 Å². The molecular formula is C108H186CaO14S2. The molecule has 0 saturated heterocycles.